The Morgan fingerprint density at radius 1 is 1.50 bits per heavy atom. The molecule has 3 N–H and O–H groups in total. The van der Waals surface area contributed by atoms with E-state index in [-0.39, 0.29) is 5.88 Å². The SMILES string of the molecule is Cc1[nH]nc(OP(=O)(O)O)c1C. The standard InChI is InChI=1S/C5H9N2O4P/c1-3-4(2)6-7-5(3)11-12(8,9)10/h1-2H3,(H,6,7)(H2,8,9,10). The molecule has 0 aliphatic carbocycles. The van der Waals surface area contributed by atoms with Crippen LogP contribution in [0.15, 0.2) is 0 Å². The second-order valence-electron chi connectivity index (χ2n) is 2.36. The van der Waals surface area contributed by atoms with Gasteiger partial charge in [0.25, 0.3) is 0 Å². The van der Waals surface area contributed by atoms with Gasteiger partial charge in [-0.25, -0.2) is 4.57 Å². The van der Waals surface area contributed by atoms with Crippen LogP contribution in [0.5, 0.6) is 5.88 Å². The number of nitrogens with zero attached hydrogens (tertiary/aromatic N) is 1. The summed E-state index contributed by atoms with van der Waals surface area (Å²) in [4.78, 5) is 16.9. The first-order valence-corrected chi connectivity index (χ1v) is 4.70. The zero-order chi connectivity index (χ0) is 9.35. The van der Waals surface area contributed by atoms with Crippen molar-refractivity contribution in [3.05, 3.63) is 11.3 Å². The molecule has 0 bridgehead atoms. The van der Waals surface area contributed by atoms with Crippen LogP contribution in [0.1, 0.15) is 11.3 Å². The van der Waals surface area contributed by atoms with Crippen molar-refractivity contribution in [3.63, 3.8) is 0 Å². The summed E-state index contributed by atoms with van der Waals surface area (Å²) in [6.45, 7) is 3.39. The van der Waals surface area contributed by atoms with Crippen LogP contribution in [0, 0.1) is 13.8 Å². The summed E-state index contributed by atoms with van der Waals surface area (Å²) >= 11 is 0. The first-order valence-electron chi connectivity index (χ1n) is 3.17. The number of phosphoric acid groups is 1. The smallest absolute Gasteiger partial charge is 0.384 e. The highest BCUT2D eigenvalue weighted by Crippen LogP contribution is 2.38. The minimum absolute atomic E-state index is 0.0548. The molecular formula is C5H9N2O4P. The van der Waals surface area contributed by atoms with Gasteiger partial charge in [0.2, 0.25) is 5.88 Å². The summed E-state index contributed by atoms with van der Waals surface area (Å²) in [7, 11) is -4.48. The van der Waals surface area contributed by atoms with Gasteiger partial charge in [-0.2, -0.15) is 0 Å². The number of hydrogen-bond acceptors (Lipinski definition) is 3. The maximum absolute atomic E-state index is 10.4. The lowest BCUT2D eigenvalue weighted by molar-refractivity contribution is 0.278. The van der Waals surface area contributed by atoms with Crippen molar-refractivity contribution in [2.75, 3.05) is 0 Å². The van der Waals surface area contributed by atoms with Gasteiger partial charge in [0.15, 0.2) is 0 Å². The van der Waals surface area contributed by atoms with Crippen LogP contribution in [-0.4, -0.2) is 20.0 Å². The maximum Gasteiger partial charge on any atom is 0.526 e. The molecule has 0 fully saturated rings. The number of hydrogen-bond donors (Lipinski definition) is 3. The Labute approximate surface area is 68.8 Å². The molecule has 1 rings (SSSR count). The zero-order valence-electron chi connectivity index (χ0n) is 6.61. The van der Waals surface area contributed by atoms with Crippen LogP contribution < -0.4 is 4.52 Å². The minimum atomic E-state index is -4.48. The van der Waals surface area contributed by atoms with Gasteiger partial charge < -0.3 is 4.52 Å². The highest BCUT2D eigenvalue weighted by molar-refractivity contribution is 7.46. The molecule has 0 amide bonds. The fraction of sp³-hybridized carbons (Fsp3) is 0.400. The lowest BCUT2D eigenvalue weighted by Gasteiger charge is -2.03. The van der Waals surface area contributed by atoms with Crippen LogP contribution in [0.3, 0.4) is 0 Å². The van der Waals surface area contributed by atoms with E-state index < -0.39 is 7.82 Å². The lowest BCUT2D eigenvalue weighted by Crippen LogP contribution is -1.91. The van der Waals surface area contributed by atoms with Crippen LogP contribution in [-0.2, 0) is 4.57 Å². The average molecular weight is 192 g/mol. The molecule has 12 heavy (non-hydrogen) atoms. The van der Waals surface area contributed by atoms with Crippen LogP contribution in [0.2, 0.25) is 0 Å². The predicted molar refractivity (Wildman–Crippen MR) is 40.7 cm³/mol. The van der Waals surface area contributed by atoms with Crippen molar-refractivity contribution in [2.24, 2.45) is 0 Å². The minimum Gasteiger partial charge on any atom is -0.384 e. The molecule has 0 saturated heterocycles. The van der Waals surface area contributed by atoms with Crippen LogP contribution in [0.4, 0.5) is 0 Å². The first-order chi connectivity index (χ1) is 5.40. The Kier molecular flexibility index (Phi) is 2.23. The Morgan fingerprint density at radius 2 is 2.08 bits per heavy atom. The molecule has 0 spiro atoms. The number of aromatic amines is 1. The highest BCUT2D eigenvalue weighted by Gasteiger charge is 2.19. The van der Waals surface area contributed by atoms with E-state index in [0.717, 1.165) is 5.69 Å². The summed E-state index contributed by atoms with van der Waals surface area (Å²) in [6.07, 6.45) is 0. The molecule has 0 aliphatic heterocycles. The van der Waals surface area contributed by atoms with Crippen molar-refractivity contribution in [2.45, 2.75) is 13.8 Å². The fourth-order valence-corrected chi connectivity index (χ4v) is 1.07. The molecule has 7 heteroatoms. The average Bonchev–Trinajstić information content (AvgIpc) is 2.16. The summed E-state index contributed by atoms with van der Waals surface area (Å²) in [5, 5.41) is 6.10. The van der Waals surface area contributed by atoms with E-state index >= 15 is 0 Å². The predicted octanol–water partition coefficient (Wildman–Crippen LogP) is 0.498. The molecule has 1 heterocycles. The first kappa shape index (κ1) is 9.25. The summed E-state index contributed by atoms with van der Waals surface area (Å²) in [6, 6.07) is 0. The van der Waals surface area contributed by atoms with E-state index in [4.69, 9.17) is 9.79 Å². The van der Waals surface area contributed by atoms with E-state index in [0.29, 0.717) is 5.56 Å². The van der Waals surface area contributed by atoms with Gasteiger partial charge in [-0.3, -0.25) is 14.9 Å². The molecule has 0 aliphatic rings. The van der Waals surface area contributed by atoms with Crippen LogP contribution in [0.25, 0.3) is 0 Å². The second kappa shape index (κ2) is 2.90. The van der Waals surface area contributed by atoms with Crippen molar-refractivity contribution in [1.82, 2.24) is 10.2 Å². The molecule has 68 valence electrons. The van der Waals surface area contributed by atoms with Gasteiger partial charge in [-0.1, -0.05) is 0 Å². The number of rotatable bonds is 2. The summed E-state index contributed by atoms with van der Waals surface area (Å²) in [5.41, 5.74) is 1.32. The molecular weight excluding hydrogens is 183 g/mol. The molecule has 0 radical (unpaired) electrons. The number of aryl methyl sites for hydroxylation is 1. The van der Waals surface area contributed by atoms with Gasteiger partial charge in [0, 0.05) is 11.3 Å². The molecule has 1 aromatic heterocycles. The number of aromatic nitrogens is 2. The molecule has 6 nitrogen and oxygen atoms in total. The monoisotopic (exact) mass is 192 g/mol. The third-order valence-corrected chi connectivity index (χ3v) is 1.82. The quantitative estimate of drug-likeness (QED) is 0.593. The van der Waals surface area contributed by atoms with E-state index in [1.54, 1.807) is 13.8 Å². The third-order valence-electron chi connectivity index (χ3n) is 1.41. The Balaban J connectivity index is 2.91. The van der Waals surface area contributed by atoms with Crippen molar-refractivity contribution in [1.29, 1.82) is 0 Å². The molecule has 0 atom stereocenters. The Bertz CT molecular complexity index is 328. The Morgan fingerprint density at radius 3 is 2.42 bits per heavy atom. The second-order valence-corrected chi connectivity index (χ2v) is 3.52. The topological polar surface area (TPSA) is 95.4 Å². The van der Waals surface area contributed by atoms with Gasteiger partial charge in [-0.05, 0) is 13.8 Å². The van der Waals surface area contributed by atoms with Gasteiger partial charge in [0.1, 0.15) is 0 Å². The van der Waals surface area contributed by atoms with E-state index in [9.17, 15) is 4.57 Å². The van der Waals surface area contributed by atoms with Gasteiger partial charge >= 0.3 is 7.82 Å². The molecule has 1 aromatic rings. The Hall–Kier alpha value is -0.840. The fourth-order valence-electron chi connectivity index (χ4n) is 0.664. The van der Waals surface area contributed by atoms with Gasteiger partial charge in [0.05, 0.1) is 0 Å². The normalized spacial score (nSPS) is 11.7. The maximum atomic E-state index is 10.4. The van der Waals surface area contributed by atoms with Crippen molar-refractivity contribution >= 4 is 7.82 Å². The van der Waals surface area contributed by atoms with Crippen molar-refractivity contribution in [3.8, 4) is 5.88 Å². The summed E-state index contributed by atoms with van der Waals surface area (Å²) < 4.78 is 14.7. The molecule has 0 aromatic carbocycles. The summed E-state index contributed by atoms with van der Waals surface area (Å²) in [5.74, 6) is -0.0548. The van der Waals surface area contributed by atoms with E-state index in [1.165, 1.54) is 0 Å². The third kappa shape index (κ3) is 2.07. The lowest BCUT2D eigenvalue weighted by atomic mass is 10.3. The van der Waals surface area contributed by atoms with Crippen LogP contribution >= 0.6 is 7.82 Å². The van der Waals surface area contributed by atoms with Gasteiger partial charge in [-0.15, -0.1) is 5.10 Å². The number of H-pyrrole nitrogens is 1. The van der Waals surface area contributed by atoms with E-state index in [2.05, 4.69) is 14.7 Å². The number of nitrogens with one attached hydrogen (secondary N) is 1. The zero-order valence-corrected chi connectivity index (χ0v) is 7.50. The van der Waals surface area contributed by atoms with Crippen molar-refractivity contribution < 1.29 is 18.9 Å². The highest BCUT2D eigenvalue weighted by atomic mass is 31.2. The molecule has 0 unspecified atom stereocenters. The van der Waals surface area contributed by atoms with E-state index in [1.807, 2.05) is 0 Å². The molecule has 0 saturated carbocycles. The largest absolute Gasteiger partial charge is 0.526 e. The number of phosphoric ester groups is 1.